The first-order chi connectivity index (χ1) is 15.2. The quantitative estimate of drug-likeness (QED) is 0.498. The Bertz CT molecular complexity index is 1270. The number of carbonyl (C=O) groups excluding carboxylic acids is 1. The number of amides is 1. The predicted molar refractivity (Wildman–Crippen MR) is 124 cm³/mol. The predicted octanol–water partition coefficient (Wildman–Crippen LogP) is 2.93. The van der Waals surface area contributed by atoms with E-state index in [-0.39, 0.29) is 16.3 Å². The van der Waals surface area contributed by atoms with E-state index in [1.807, 2.05) is 37.3 Å². The monoisotopic (exact) mass is 472 g/mol. The molecule has 0 aromatic heterocycles. The van der Waals surface area contributed by atoms with Crippen LogP contribution >= 0.6 is 0 Å². The highest BCUT2D eigenvalue weighted by molar-refractivity contribution is 7.92. The summed E-state index contributed by atoms with van der Waals surface area (Å²) in [5.41, 5.74) is 2.24. The molecule has 0 aliphatic heterocycles. The first-order valence-corrected chi connectivity index (χ1v) is 13.0. The fraction of sp³-hybridized carbons (Fsp3) is 0.174. The van der Waals surface area contributed by atoms with Crippen molar-refractivity contribution in [3.05, 3.63) is 90.0 Å². The highest BCUT2D eigenvalue weighted by Crippen LogP contribution is 2.16. The summed E-state index contributed by atoms with van der Waals surface area (Å²) in [5, 5.41) is 2.49. The third-order valence-electron chi connectivity index (χ3n) is 4.70. The van der Waals surface area contributed by atoms with Gasteiger partial charge >= 0.3 is 0 Å². The molecule has 32 heavy (non-hydrogen) atoms. The average Bonchev–Trinajstić information content (AvgIpc) is 2.74. The van der Waals surface area contributed by atoms with E-state index >= 15 is 0 Å². The Hall–Kier alpha value is -3.01. The van der Waals surface area contributed by atoms with Gasteiger partial charge in [-0.3, -0.25) is 4.79 Å². The highest BCUT2D eigenvalue weighted by Gasteiger charge is 2.20. The molecular weight excluding hydrogens is 448 g/mol. The molecule has 0 bridgehead atoms. The smallest absolute Gasteiger partial charge is 0.240 e. The maximum absolute atomic E-state index is 12.4. The molecule has 0 aliphatic rings. The Morgan fingerprint density at radius 3 is 2.00 bits per heavy atom. The van der Waals surface area contributed by atoms with Crippen LogP contribution in [0.1, 0.15) is 11.1 Å². The van der Waals surface area contributed by atoms with E-state index < -0.39 is 31.5 Å². The Kier molecular flexibility index (Phi) is 7.44. The van der Waals surface area contributed by atoms with Crippen LogP contribution in [0.3, 0.4) is 0 Å². The molecule has 0 aliphatic carbocycles. The first kappa shape index (κ1) is 23.6. The van der Waals surface area contributed by atoms with Crippen molar-refractivity contribution in [2.75, 3.05) is 17.6 Å². The molecule has 3 rings (SSSR count). The van der Waals surface area contributed by atoms with Crippen molar-refractivity contribution in [3.63, 3.8) is 0 Å². The van der Waals surface area contributed by atoms with Gasteiger partial charge in [0.25, 0.3) is 0 Å². The van der Waals surface area contributed by atoms with Crippen molar-refractivity contribution >= 4 is 31.5 Å². The minimum atomic E-state index is -3.78. The molecule has 2 N–H and O–H groups in total. The van der Waals surface area contributed by atoms with Crippen LogP contribution in [0.15, 0.2) is 88.7 Å². The van der Waals surface area contributed by atoms with Gasteiger partial charge in [-0.1, -0.05) is 48.0 Å². The van der Waals surface area contributed by atoms with Crippen molar-refractivity contribution in [3.8, 4) is 0 Å². The standard InChI is InChI=1S/C23H24N2O5S2/c1-18-7-11-21(12-8-18)31(27,28)17-23(26)25-20-9-13-22(14-10-20)32(29,30)24-16-15-19-5-3-2-4-6-19/h2-14,24H,15-17H2,1H3,(H,25,26). The van der Waals surface area contributed by atoms with Crippen LogP contribution in [0.4, 0.5) is 5.69 Å². The van der Waals surface area contributed by atoms with Gasteiger partial charge in [-0.25, -0.2) is 21.6 Å². The van der Waals surface area contributed by atoms with E-state index in [1.54, 1.807) is 12.1 Å². The van der Waals surface area contributed by atoms with Gasteiger partial charge in [0.05, 0.1) is 9.79 Å². The van der Waals surface area contributed by atoms with Crippen molar-refractivity contribution in [2.45, 2.75) is 23.1 Å². The van der Waals surface area contributed by atoms with Gasteiger partial charge in [0.1, 0.15) is 5.75 Å². The average molecular weight is 473 g/mol. The zero-order valence-electron chi connectivity index (χ0n) is 17.5. The minimum Gasteiger partial charge on any atom is -0.325 e. The van der Waals surface area contributed by atoms with Crippen LogP contribution in [-0.4, -0.2) is 35.0 Å². The molecule has 0 fully saturated rings. The van der Waals surface area contributed by atoms with Gasteiger partial charge in [-0.15, -0.1) is 0 Å². The molecule has 7 nitrogen and oxygen atoms in total. The lowest BCUT2D eigenvalue weighted by molar-refractivity contribution is -0.113. The highest BCUT2D eigenvalue weighted by atomic mass is 32.2. The van der Waals surface area contributed by atoms with Gasteiger partial charge in [0.2, 0.25) is 15.9 Å². The summed E-state index contributed by atoms with van der Waals surface area (Å²) in [4.78, 5) is 12.3. The van der Waals surface area contributed by atoms with E-state index in [1.165, 1.54) is 36.4 Å². The fourth-order valence-electron chi connectivity index (χ4n) is 2.97. The van der Waals surface area contributed by atoms with Crippen molar-refractivity contribution in [1.29, 1.82) is 0 Å². The molecule has 3 aromatic rings. The molecule has 0 radical (unpaired) electrons. The molecule has 168 valence electrons. The summed E-state index contributed by atoms with van der Waals surface area (Å²) in [5.74, 6) is -1.42. The van der Waals surface area contributed by atoms with Gasteiger partial charge in [-0.2, -0.15) is 0 Å². The number of hydrogen-bond donors (Lipinski definition) is 2. The van der Waals surface area contributed by atoms with Crippen LogP contribution < -0.4 is 10.0 Å². The zero-order valence-corrected chi connectivity index (χ0v) is 19.1. The minimum absolute atomic E-state index is 0.0517. The second-order valence-electron chi connectivity index (χ2n) is 7.28. The molecule has 9 heteroatoms. The zero-order chi connectivity index (χ0) is 23.2. The molecule has 0 saturated heterocycles. The van der Waals surface area contributed by atoms with Crippen molar-refractivity contribution < 1.29 is 21.6 Å². The number of sulfonamides is 1. The summed E-state index contributed by atoms with van der Waals surface area (Å²) >= 11 is 0. The second-order valence-corrected chi connectivity index (χ2v) is 11.0. The molecule has 0 heterocycles. The van der Waals surface area contributed by atoms with Crippen LogP contribution in [0.5, 0.6) is 0 Å². The van der Waals surface area contributed by atoms with Gasteiger partial charge in [0.15, 0.2) is 9.84 Å². The molecule has 0 spiro atoms. The van der Waals surface area contributed by atoms with Gasteiger partial charge < -0.3 is 5.32 Å². The molecule has 1 amide bonds. The number of sulfone groups is 1. The fourth-order valence-corrected chi connectivity index (χ4v) is 5.14. The number of rotatable bonds is 9. The van der Waals surface area contributed by atoms with E-state index in [9.17, 15) is 21.6 Å². The SMILES string of the molecule is Cc1ccc(S(=O)(=O)CC(=O)Nc2ccc(S(=O)(=O)NCCc3ccccc3)cc2)cc1. The number of aryl methyl sites for hydroxylation is 1. The molecule has 0 saturated carbocycles. The number of carbonyl (C=O) groups is 1. The molecule has 3 aromatic carbocycles. The van der Waals surface area contributed by atoms with Crippen LogP contribution in [0.2, 0.25) is 0 Å². The normalized spacial score (nSPS) is 11.8. The van der Waals surface area contributed by atoms with Crippen LogP contribution in [0.25, 0.3) is 0 Å². The summed E-state index contributed by atoms with van der Waals surface area (Å²) in [7, 11) is -7.48. The molecular formula is C23H24N2O5S2. The molecule has 0 atom stereocenters. The maximum Gasteiger partial charge on any atom is 0.240 e. The van der Waals surface area contributed by atoms with Crippen molar-refractivity contribution in [2.24, 2.45) is 0 Å². The number of hydrogen-bond acceptors (Lipinski definition) is 5. The summed E-state index contributed by atoms with van der Waals surface area (Å²) in [6, 6.07) is 21.3. The number of anilines is 1. The van der Waals surface area contributed by atoms with E-state index in [0.717, 1.165) is 11.1 Å². The van der Waals surface area contributed by atoms with E-state index in [0.29, 0.717) is 12.1 Å². The number of nitrogens with one attached hydrogen (secondary N) is 2. The lowest BCUT2D eigenvalue weighted by Crippen LogP contribution is -2.26. The summed E-state index contributed by atoms with van der Waals surface area (Å²) in [6.45, 7) is 2.09. The molecule has 0 unspecified atom stereocenters. The van der Waals surface area contributed by atoms with Crippen molar-refractivity contribution in [1.82, 2.24) is 4.72 Å². The first-order valence-electron chi connectivity index (χ1n) is 9.89. The lowest BCUT2D eigenvalue weighted by atomic mass is 10.2. The van der Waals surface area contributed by atoms with E-state index in [4.69, 9.17) is 0 Å². The number of benzene rings is 3. The lowest BCUT2D eigenvalue weighted by Gasteiger charge is -2.09. The third kappa shape index (κ3) is 6.49. The summed E-state index contributed by atoms with van der Waals surface area (Å²) in [6.07, 6.45) is 0.559. The topological polar surface area (TPSA) is 109 Å². The van der Waals surface area contributed by atoms with Crippen LogP contribution in [0, 0.1) is 6.92 Å². The van der Waals surface area contributed by atoms with Gasteiger partial charge in [-0.05, 0) is 55.3 Å². The second kappa shape index (κ2) is 10.1. The maximum atomic E-state index is 12.4. The third-order valence-corrected chi connectivity index (χ3v) is 7.81. The Morgan fingerprint density at radius 1 is 0.781 bits per heavy atom. The van der Waals surface area contributed by atoms with Gasteiger partial charge in [0, 0.05) is 12.2 Å². The Morgan fingerprint density at radius 2 is 1.38 bits per heavy atom. The Balaban J connectivity index is 1.57. The van der Waals surface area contributed by atoms with E-state index in [2.05, 4.69) is 10.0 Å². The summed E-state index contributed by atoms with van der Waals surface area (Å²) < 4.78 is 52.2. The Labute approximate surface area is 188 Å². The van der Waals surface area contributed by atoms with Crippen LogP contribution in [-0.2, 0) is 31.1 Å². The largest absolute Gasteiger partial charge is 0.325 e.